The zero-order valence-electron chi connectivity index (χ0n) is 16.4. The lowest BCUT2D eigenvalue weighted by Gasteiger charge is -2.22. The summed E-state index contributed by atoms with van der Waals surface area (Å²) in [6, 6.07) is 0. The van der Waals surface area contributed by atoms with Gasteiger partial charge in [0, 0.05) is 0 Å². The molecule has 0 saturated carbocycles. The minimum Gasteiger partial charge on any atom is -0.462 e. The summed E-state index contributed by atoms with van der Waals surface area (Å²) < 4.78 is 86.5. The van der Waals surface area contributed by atoms with Crippen molar-refractivity contribution in [3.8, 4) is 0 Å². The molecule has 0 aromatic rings. The van der Waals surface area contributed by atoms with Gasteiger partial charge in [-0.25, -0.2) is 0 Å². The van der Waals surface area contributed by atoms with Crippen LogP contribution in [0.25, 0.3) is 0 Å². The van der Waals surface area contributed by atoms with E-state index in [1.165, 1.54) is 0 Å². The molecule has 0 spiro atoms. The van der Waals surface area contributed by atoms with Gasteiger partial charge in [0.05, 0.1) is 18.8 Å². The minimum absolute atomic E-state index is 0.100. The highest BCUT2D eigenvalue weighted by Crippen LogP contribution is 2.35. The van der Waals surface area contributed by atoms with E-state index < -0.39 is 55.1 Å². The molecule has 0 aromatic carbocycles. The van der Waals surface area contributed by atoms with Gasteiger partial charge in [-0.3, -0.25) is 14.4 Å². The highest BCUT2D eigenvalue weighted by molar-refractivity contribution is 5.77. The lowest BCUT2D eigenvalue weighted by molar-refractivity contribution is -0.313. The number of rotatable bonds is 9. The van der Waals surface area contributed by atoms with Crippen molar-refractivity contribution in [1.29, 1.82) is 0 Å². The fourth-order valence-corrected chi connectivity index (χ4v) is 2.23. The van der Waals surface area contributed by atoms with Crippen molar-refractivity contribution < 1.29 is 54.9 Å². The van der Waals surface area contributed by atoms with Crippen LogP contribution >= 0.6 is 0 Å². The summed E-state index contributed by atoms with van der Waals surface area (Å²) in [5, 5.41) is 0. The number of esters is 3. The van der Waals surface area contributed by atoms with Gasteiger partial charge in [-0.1, -0.05) is 27.7 Å². The van der Waals surface area contributed by atoms with Crippen molar-refractivity contribution in [2.75, 3.05) is 13.2 Å². The lowest BCUT2D eigenvalue weighted by Crippen LogP contribution is -2.45. The first-order valence-corrected chi connectivity index (χ1v) is 8.58. The van der Waals surface area contributed by atoms with Gasteiger partial charge in [0.1, 0.15) is 13.2 Å². The van der Waals surface area contributed by atoms with Gasteiger partial charge >= 0.3 is 30.3 Å². The molecule has 0 fully saturated rings. The number of alkyl halides is 6. The van der Waals surface area contributed by atoms with Crippen molar-refractivity contribution in [1.82, 2.24) is 0 Å². The molecule has 0 aromatic heterocycles. The third-order valence-corrected chi connectivity index (χ3v) is 3.29. The molecule has 6 nitrogen and oxygen atoms in total. The number of hydrogen-bond acceptors (Lipinski definition) is 6. The number of hydrogen-bond donors (Lipinski definition) is 0. The van der Waals surface area contributed by atoms with Crippen LogP contribution in [-0.2, 0) is 28.6 Å². The average molecular weight is 438 g/mol. The largest absolute Gasteiger partial charge is 0.462 e. The summed E-state index contributed by atoms with van der Waals surface area (Å²) in [6.45, 7) is 6.82. The van der Waals surface area contributed by atoms with Crippen LogP contribution in [0.2, 0.25) is 0 Å². The maximum Gasteiger partial charge on any atom is 0.434 e. The topological polar surface area (TPSA) is 78.9 Å². The SMILES string of the molecule is CC(CC(C)(C)C)C(=O)OCCOC(=O)CCC(=O)OC(C(F)(F)F)C(F)(F)F. The molecule has 0 rings (SSSR count). The Hall–Kier alpha value is -2.01. The first kappa shape index (κ1) is 27.0. The van der Waals surface area contributed by atoms with E-state index >= 15 is 0 Å². The Morgan fingerprint density at radius 1 is 0.793 bits per heavy atom. The monoisotopic (exact) mass is 438 g/mol. The molecule has 1 atom stereocenters. The Morgan fingerprint density at radius 3 is 1.69 bits per heavy atom. The Morgan fingerprint density at radius 2 is 1.24 bits per heavy atom. The van der Waals surface area contributed by atoms with E-state index in [0.717, 1.165) is 0 Å². The van der Waals surface area contributed by atoms with Gasteiger partial charge in [0.15, 0.2) is 0 Å². The first-order chi connectivity index (χ1) is 12.9. The molecular formula is C17H24F6O6. The molecule has 0 radical (unpaired) electrons. The number of halogens is 6. The van der Waals surface area contributed by atoms with E-state index in [9.17, 15) is 40.7 Å². The Labute approximate surface area is 163 Å². The van der Waals surface area contributed by atoms with Gasteiger partial charge in [-0.15, -0.1) is 0 Å². The van der Waals surface area contributed by atoms with E-state index in [1.807, 2.05) is 20.8 Å². The summed E-state index contributed by atoms with van der Waals surface area (Å²) in [5.74, 6) is -3.83. The zero-order valence-corrected chi connectivity index (χ0v) is 16.4. The molecular weight excluding hydrogens is 414 g/mol. The number of carbonyl (C=O) groups is 3. The van der Waals surface area contributed by atoms with Crippen LogP contribution in [0, 0.1) is 11.3 Å². The second-order valence-electron chi connectivity index (χ2n) is 7.51. The molecule has 0 N–H and O–H groups in total. The molecule has 12 heteroatoms. The molecule has 0 aliphatic heterocycles. The molecule has 0 heterocycles. The minimum atomic E-state index is -5.83. The van der Waals surface area contributed by atoms with E-state index in [-0.39, 0.29) is 18.6 Å². The summed E-state index contributed by atoms with van der Waals surface area (Å²) in [7, 11) is 0. The summed E-state index contributed by atoms with van der Waals surface area (Å²) in [4.78, 5) is 34.3. The molecule has 0 bridgehead atoms. The maximum atomic E-state index is 12.3. The Balaban J connectivity index is 4.22. The molecule has 170 valence electrons. The molecule has 1 unspecified atom stereocenters. The normalized spacial score (nSPS) is 13.8. The van der Waals surface area contributed by atoms with Crippen LogP contribution in [-0.4, -0.2) is 49.6 Å². The van der Waals surface area contributed by atoms with Crippen LogP contribution in [0.5, 0.6) is 0 Å². The standard InChI is InChI=1S/C17H24F6O6/c1-10(9-15(2,3)4)13(26)28-8-7-27-11(24)5-6-12(25)29-14(16(18,19)20)17(21,22)23/h10,14H,5-9H2,1-4H3. The highest BCUT2D eigenvalue weighted by atomic mass is 19.4. The second-order valence-corrected chi connectivity index (χ2v) is 7.51. The van der Waals surface area contributed by atoms with Crippen LogP contribution in [0.1, 0.15) is 47.0 Å². The molecule has 29 heavy (non-hydrogen) atoms. The van der Waals surface area contributed by atoms with Gasteiger partial charge < -0.3 is 14.2 Å². The van der Waals surface area contributed by atoms with Gasteiger partial charge in [0.25, 0.3) is 6.10 Å². The van der Waals surface area contributed by atoms with Crippen LogP contribution in [0.15, 0.2) is 0 Å². The van der Waals surface area contributed by atoms with Crippen LogP contribution < -0.4 is 0 Å². The zero-order chi connectivity index (χ0) is 23.0. The lowest BCUT2D eigenvalue weighted by atomic mass is 9.85. The Bertz CT molecular complexity index is 550. The summed E-state index contributed by atoms with van der Waals surface area (Å²) >= 11 is 0. The number of ether oxygens (including phenoxy) is 3. The van der Waals surface area contributed by atoms with E-state index in [2.05, 4.69) is 9.47 Å². The van der Waals surface area contributed by atoms with E-state index in [4.69, 9.17) is 4.74 Å². The van der Waals surface area contributed by atoms with Crippen LogP contribution in [0.3, 0.4) is 0 Å². The third kappa shape index (κ3) is 12.2. The van der Waals surface area contributed by atoms with Crippen molar-refractivity contribution in [3.05, 3.63) is 0 Å². The maximum absolute atomic E-state index is 12.3. The summed E-state index contributed by atoms with van der Waals surface area (Å²) in [6.07, 6.45) is -17.2. The molecule has 0 amide bonds. The predicted octanol–water partition coefficient (Wildman–Crippen LogP) is 3.96. The van der Waals surface area contributed by atoms with Crippen LogP contribution in [0.4, 0.5) is 26.3 Å². The highest BCUT2D eigenvalue weighted by Gasteiger charge is 2.59. The fraction of sp³-hybridized carbons (Fsp3) is 0.824. The van der Waals surface area contributed by atoms with Crippen molar-refractivity contribution in [2.45, 2.75) is 65.4 Å². The van der Waals surface area contributed by atoms with Crippen molar-refractivity contribution >= 4 is 17.9 Å². The molecule has 0 aliphatic rings. The number of carbonyl (C=O) groups excluding carboxylic acids is 3. The van der Waals surface area contributed by atoms with E-state index in [1.54, 1.807) is 6.92 Å². The quantitative estimate of drug-likeness (QED) is 0.235. The summed E-state index contributed by atoms with van der Waals surface area (Å²) in [5.41, 5.74) is -0.100. The molecule has 0 aliphatic carbocycles. The average Bonchev–Trinajstić information content (AvgIpc) is 2.50. The predicted molar refractivity (Wildman–Crippen MR) is 86.4 cm³/mol. The Kier molecular flexibility index (Phi) is 9.94. The van der Waals surface area contributed by atoms with Crippen molar-refractivity contribution in [3.63, 3.8) is 0 Å². The second kappa shape index (κ2) is 10.7. The van der Waals surface area contributed by atoms with Crippen molar-refractivity contribution in [2.24, 2.45) is 11.3 Å². The van der Waals surface area contributed by atoms with Gasteiger partial charge in [-0.2, -0.15) is 26.3 Å². The fourth-order valence-electron chi connectivity index (χ4n) is 2.23. The van der Waals surface area contributed by atoms with Gasteiger partial charge in [0.2, 0.25) is 0 Å². The third-order valence-electron chi connectivity index (χ3n) is 3.29. The smallest absolute Gasteiger partial charge is 0.434 e. The molecule has 0 saturated heterocycles. The van der Waals surface area contributed by atoms with E-state index in [0.29, 0.717) is 6.42 Å². The van der Waals surface area contributed by atoms with Gasteiger partial charge in [-0.05, 0) is 11.8 Å². The first-order valence-electron chi connectivity index (χ1n) is 8.58.